The molecule has 12 nitrogen and oxygen atoms in total. The Labute approximate surface area is 271 Å². The highest BCUT2D eigenvalue weighted by atomic mass is 32.2. The summed E-state index contributed by atoms with van der Waals surface area (Å²) in [7, 11) is 6.24. The quantitative estimate of drug-likeness (QED) is 0.276. The highest BCUT2D eigenvalue weighted by Crippen LogP contribution is 2.36. The van der Waals surface area contributed by atoms with Crippen molar-refractivity contribution < 1.29 is 44.0 Å². The largest absolute Gasteiger partial charge is 0.507 e. The van der Waals surface area contributed by atoms with Gasteiger partial charge in [-0.3, -0.25) is 29.0 Å². The first kappa shape index (κ1) is 34.4. The summed E-state index contributed by atoms with van der Waals surface area (Å²) < 4.78 is 10.6. The fourth-order valence-corrected chi connectivity index (χ4v) is 6.01. The van der Waals surface area contributed by atoms with Gasteiger partial charge in [0.1, 0.15) is 44.7 Å². The van der Waals surface area contributed by atoms with E-state index in [-0.39, 0.29) is 39.1 Å². The fourth-order valence-electron chi connectivity index (χ4n) is 3.52. The van der Waals surface area contributed by atoms with Gasteiger partial charge in [-0.05, 0) is 48.6 Å². The molecule has 3 N–H and O–H groups in total. The summed E-state index contributed by atoms with van der Waals surface area (Å²) in [5.41, 5.74) is 0.842. The number of phenolic OH excluding ortho intramolecular Hbond substituents is 2. The Bertz CT molecular complexity index is 1590. The molecule has 2 aromatic carbocycles. The second-order valence-corrected chi connectivity index (χ2v) is 12.4. The lowest BCUT2D eigenvalue weighted by molar-refractivity contribution is -0.140. The Kier molecular flexibility index (Phi) is 11.8. The molecule has 2 aliphatic rings. The Morgan fingerprint density at radius 3 is 1.59 bits per heavy atom. The number of thioether (sulfide) groups is 2. The molecule has 232 valence electrons. The second kappa shape index (κ2) is 15.1. The van der Waals surface area contributed by atoms with Gasteiger partial charge in [0.25, 0.3) is 11.8 Å². The van der Waals surface area contributed by atoms with Crippen LogP contribution in [0, 0.1) is 0 Å². The van der Waals surface area contributed by atoms with Crippen molar-refractivity contribution in [1.82, 2.24) is 14.7 Å². The van der Waals surface area contributed by atoms with Crippen molar-refractivity contribution in [3.8, 4) is 23.0 Å². The lowest BCUT2D eigenvalue weighted by atomic mass is 10.1. The number of carbonyl (C=O) groups excluding carboxylic acids is 3. The van der Waals surface area contributed by atoms with E-state index in [2.05, 4.69) is 0 Å². The number of amides is 3. The number of carboxylic acids is 1. The van der Waals surface area contributed by atoms with Gasteiger partial charge in [-0.2, -0.15) is 0 Å². The molecule has 2 heterocycles. The number of hydrogen-bond acceptors (Lipinski definition) is 12. The van der Waals surface area contributed by atoms with E-state index in [0.717, 1.165) is 28.4 Å². The van der Waals surface area contributed by atoms with Crippen LogP contribution < -0.4 is 9.47 Å². The number of phenols is 2. The molecule has 4 rings (SSSR count). The van der Waals surface area contributed by atoms with Crippen LogP contribution in [0.15, 0.2) is 46.2 Å². The van der Waals surface area contributed by atoms with Crippen LogP contribution in [0.2, 0.25) is 0 Å². The minimum absolute atomic E-state index is 0.0145. The molecule has 3 amide bonds. The van der Waals surface area contributed by atoms with Crippen LogP contribution in [0.25, 0.3) is 12.2 Å². The maximum Gasteiger partial charge on any atom is 0.323 e. The van der Waals surface area contributed by atoms with E-state index in [9.17, 15) is 29.4 Å². The molecular weight excluding hydrogens is 651 g/mol. The van der Waals surface area contributed by atoms with Crippen molar-refractivity contribution >= 4 is 92.4 Å². The zero-order valence-corrected chi connectivity index (χ0v) is 27.1. The van der Waals surface area contributed by atoms with Crippen molar-refractivity contribution in [2.45, 2.75) is 0 Å². The van der Waals surface area contributed by atoms with Crippen LogP contribution in [-0.4, -0.2) is 104 Å². The Morgan fingerprint density at radius 2 is 1.23 bits per heavy atom. The molecule has 44 heavy (non-hydrogen) atoms. The molecule has 2 aromatic rings. The Morgan fingerprint density at radius 1 is 0.818 bits per heavy atom. The van der Waals surface area contributed by atoms with Crippen molar-refractivity contribution in [1.29, 1.82) is 0 Å². The van der Waals surface area contributed by atoms with Gasteiger partial charge in [0, 0.05) is 25.2 Å². The first-order chi connectivity index (χ1) is 20.7. The number of aromatic hydroxyl groups is 2. The maximum atomic E-state index is 12.4. The van der Waals surface area contributed by atoms with Gasteiger partial charge < -0.3 is 29.7 Å². The molecule has 0 saturated carbocycles. The van der Waals surface area contributed by atoms with Gasteiger partial charge in [-0.25, -0.2) is 0 Å². The van der Waals surface area contributed by atoms with Gasteiger partial charge in [-0.1, -0.05) is 48.0 Å². The molecular formula is C28H27N3O9S4. The molecule has 0 atom stereocenters. The lowest BCUT2D eigenvalue weighted by Crippen LogP contribution is -2.38. The van der Waals surface area contributed by atoms with Crippen molar-refractivity contribution in [2.75, 3.05) is 41.4 Å². The standard InChI is InChI=1S/C15H16N2O4S2.C13H11NO5S2/c1-16(2)13(19)8-17-14(20)12(23-15(17)22)7-9-6-10(21-3)4-5-11(9)18;1-19-8-2-3-9(15)7(4-8)5-10-12(18)14(6-11(16)17)13(20)21-10/h4-7,18H,8H2,1-3H3;2-5,15H,6H2,1H3,(H,16,17)/b12-7+;10-5+. The predicted molar refractivity (Wildman–Crippen MR) is 175 cm³/mol. The van der Waals surface area contributed by atoms with Crippen LogP contribution in [0.4, 0.5) is 0 Å². The maximum absolute atomic E-state index is 12.4. The average Bonchev–Trinajstić information content (AvgIpc) is 3.39. The summed E-state index contributed by atoms with van der Waals surface area (Å²) in [6.07, 6.45) is 3.00. The molecule has 0 radical (unpaired) electrons. The van der Waals surface area contributed by atoms with Crippen LogP contribution in [0.3, 0.4) is 0 Å². The number of nitrogens with zero attached hydrogens (tertiary/aromatic N) is 3. The number of likely N-dealkylation sites (N-methyl/N-ethyl adjacent to an activating group) is 1. The van der Waals surface area contributed by atoms with Gasteiger partial charge >= 0.3 is 5.97 Å². The monoisotopic (exact) mass is 677 g/mol. The summed E-state index contributed by atoms with van der Waals surface area (Å²) in [6, 6.07) is 9.32. The number of carbonyl (C=O) groups is 4. The zero-order chi connectivity index (χ0) is 32.7. The van der Waals surface area contributed by atoms with Crippen LogP contribution in [-0.2, 0) is 19.2 Å². The highest BCUT2D eigenvalue weighted by molar-refractivity contribution is 8.27. The normalized spacial score (nSPS) is 16.4. The van der Waals surface area contributed by atoms with Crippen molar-refractivity contribution in [3.05, 3.63) is 57.3 Å². The van der Waals surface area contributed by atoms with E-state index in [1.165, 1.54) is 48.3 Å². The fraction of sp³-hybridized carbons (Fsp3) is 0.214. The van der Waals surface area contributed by atoms with E-state index in [4.69, 9.17) is 39.0 Å². The number of rotatable bonds is 8. The van der Waals surface area contributed by atoms with E-state index >= 15 is 0 Å². The van der Waals surface area contributed by atoms with Gasteiger partial charge in [0.2, 0.25) is 5.91 Å². The third-order valence-electron chi connectivity index (χ3n) is 5.88. The number of carboxylic acid groups (broad SMARTS) is 1. The lowest BCUT2D eigenvalue weighted by Gasteiger charge is -2.17. The van der Waals surface area contributed by atoms with E-state index in [0.29, 0.717) is 31.9 Å². The summed E-state index contributed by atoms with van der Waals surface area (Å²) >= 11 is 12.2. The summed E-state index contributed by atoms with van der Waals surface area (Å²) in [4.78, 5) is 51.3. The smallest absolute Gasteiger partial charge is 0.323 e. The van der Waals surface area contributed by atoms with E-state index in [1.54, 1.807) is 38.4 Å². The van der Waals surface area contributed by atoms with Crippen molar-refractivity contribution in [2.24, 2.45) is 0 Å². The first-order valence-corrected chi connectivity index (χ1v) is 14.9. The van der Waals surface area contributed by atoms with E-state index < -0.39 is 18.4 Å². The number of aliphatic carboxylic acids is 1. The van der Waals surface area contributed by atoms with Gasteiger partial charge in [-0.15, -0.1) is 0 Å². The van der Waals surface area contributed by atoms with Crippen LogP contribution in [0.1, 0.15) is 11.1 Å². The second-order valence-electron chi connectivity index (χ2n) is 9.07. The SMILES string of the molecule is COc1ccc(O)c(/C=C2/SC(=S)N(CC(=O)N(C)C)C2=O)c1.COc1ccc(O)c(/C=C2/SC(=S)N(CC(=O)O)C2=O)c1. The number of thiocarbonyl (C=S) groups is 2. The van der Waals surface area contributed by atoms with Crippen molar-refractivity contribution in [3.63, 3.8) is 0 Å². The van der Waals surface area contributed by atoms with E-state index in [1.807, 2.05) is 0 Å². The average molecular weight is 678 g/mol. The number of hydrogen-bond donors (Lipinski definition) is 3. The van der Waals surface area contributed by atoms with Gasteiger partial charge in [0.05, 0.1) is 24.0 Å². The summed E-state index contributed by atoms with van der Waals surface area (Å²) in [6.45, 7) is -0.578. The number of methoxy groups -OCH3 is 2. The number of ether oxygens (including phenoxy) is 2. The third-order valence-corrected chi connectivity index (χ3v) is 8.63. The minimum Gasteiger partial charge on any atom is -0.507 e. The molecule has 0 spiro atoms. The molecule has 16 heteroatoms. The van der Waals surface area contributed by atoms with Crippen LogP contribution >= 0.6 is 48.0 Å². The molecule has 0 aliphatic carbocycles. The molecule has 0 aromatic heterocycles. The highest BCUT2D eigenvalue weighted by Gasteiger charge is 2.34. The molecule has 2 saturated heterocycles. The third kappa shape index (κ3) is 8.49. The molecule has 2 aliphatic heterocycles. The van der Waals surface area contributed by atoms with Gasteiger partial charge in [0.15, 0.2) is 0 Å². The van der Waals surface area contributed by atoms with Crippen LogP contribution in [0.5, 0.6) is 23.0 Å². The Hall–Kier alpha value is -4.12. The number of benzene rings is 2. The minimum atomic E-state index is -1.14. The summed E-state index contributed by atoms with van der Waals surface area (Å²) in [5.74, 6) is -1.09. The Balaban J connectivity index is 0.000000241. The zero-order valence-electron chi connectivity index (χ0n) is 23.8. The molecule has 0 unspecified atom stereocenters. The first-order valence-electron chi connectivity index (χ1n) is 12.4. The molecule has 2 fully saturated rings. The predicted octanol–water partition coefficient (Wildman–Crippen LogP) is 3.38. The topological polar surface area (TPSA) is 157 Å². The summed E-state index contributed by atoms with van der Waals surface area (Å²) in [5, 5.41) is 28.5. The molecule has 0 bridgehead atoms.